The molecule has 0 saturated heterocycles. The van der Waals surface area contributed by atoms with Crippen LogP contribution in [0.3, 0.4) is 0 Å². The fourth-order valence-electron chi connectivity index (χ4n) is 3.93. The summed E-state index contributed by atoms with van der Waals surface area (Å²) in [5, 5.41) is 2.75. The van der Waals surface area contributed by atoms with Crippen molar-refractivity contribution in [3.63, 3.8) is 0 Å². The van der Waals surface area contributed by atoms with Gasteiger partial charge in [-0.1, -0.05) is 48.5 Å². The monoisotopic (exact) mass is 516 g/mol. The van der Waals surface area contributed by atoms with Crippen molar-refractivity contribution in [2.75, 3.05) is 11.9 Å². The Labute approximate surface area is 218 Å². The van der Waals surface area contributed by atoms with Gasteiger partial charge in [0.1, 0.15) is 5.75 Å². The van der Waals surface area contributed by atoms with E-state index >= 15 is 0 Å². The van der Waals surface area contributed by atoms with E-state index in [-0.39, 0.29) is 36.8 Å². The molecule has 0 aliphatic carbocycles. The maximum absolute atomic E-state index is 13.4. The molecule has 2 heterocycles. The Morgan fingerprint density at radius 1 is 0.895 bits per heavy atom. The standard InChI is InChI=1S/C24H20F2N2O4.C6H6/c25-19-8-5-15(11-20(19)26)14-28-9-1-3-18(24(28)31)22(29)4-2-10-32-17-7-6-16-12-23(30)27-21(16)13-17;1-2-4-6-5-3-1/h1,3,5-9,11,13H,2,4,10,12,14H2,(H,27,30);1-6H. The van der Waals surface area contributed by atoms with Crippen molar-refractivity contribution >= 4 is 17.4 Å². The lowest BCUT2D eigenvalue weighted by molar-refractivity contribution is -0.115. The van der Waals surface area contributed by atoms with Crippen molar-refractivity contribution in [3.8, 4) is 5.75 Å². The fraction of sp³-hybridized carbons (Fsp3) is 0.167. The minimum Gasteiger partial charge on any atom is -0.494 e. The quantitative estimate of drug-likeness (QED) is 0.251. The third-order valence-electron chi connectivity index (χ3n) is 5.85. The molecule has 0 fully saturated rings. The average molecular weight is 517 g/mol. The summed E-state index contributed by atoms with van der Waals surface area (Å²) in [6.45, 7) is 0.295. The molecule has 3 aromatic carbocycles. The normalized spacial score (nSPS) is 11.7. The summed E-state index contributed by atoms with van der Waals surface area (Å²) < 4.78 is 33.5. The number of ketones is 1. The predicted octanol–water partition coefficient (Wildman–Crippen LogP) is 5.40. The zero-order chi connectivity index (χ0) is 26.9. The molecule has 4 aromatic rings. The summed E-state index contributed by atoms with van der Waals surface area (Å²) in [6.07, 6.45) is 2.37. The summed E-state index contributed by atoms with van der Waals surface area (Å²) >= 11 is 0. The molecule has 0 spiro atoms. The fourth-order valence-corrected chi connectivity index (χ4v) is 3.93. The third-order valence-corrected chi connectivity index (χ3v) is 5.85. The highest BCUT2D eigenvalue weighted by molar-refractivity contribution is 5.99. The number of anilines is 1. The Morgan fingerprint density at radius 3 is 2.34 bits per heavy atom. The number of pyridine rings is 1. The second-order valence-corrected chi connectivity index (χ2v) is 8.68. The number of Topliss-reactive ketones (excluding diaryl/α,β-unsaturated/α-hetero) is 1. The first-order chi connectivity index (χ1) is 18.4. The van der Waals surface area contributed by atoms with Gasteiger partial charge in [-0.15, -0.1) is 0 Å². The number of nitrogens with zero attached hydrogens (tertiary/aromatic N) is 1. The molecule has 1 amide bonds. The van der Waals surface area contributed by atoms with E-state index in [4.69, 9.17) is 4.74 Å². The summed E-state index contributed by atoms with van der Waals surface area (Å²) in [7, 11) is 0. The van der Waals surface area contributed by atoms with Gasteiger partial charge in [0.15, 0.2) is 17.4 Å². The Morgan fingerprint density at radius 2 is 1.63 bits per heavy atom. The maximum Gasteiger partial charge on any atom is 0.261 e. The van der Waals surface area contributed by atoms with Gasteiger partial charge in [0.2, 0.25) is 5.91 Å². The Bertz CT molecular complexity index is 1460. The number of hydrogen-bond donors (Lipinski definition) is 1. The van der Waals surface area contributed by atoms with Crippen molar-refractivity contribution in [2.45, 2.75) is 25.8 Å². The molecule has 6 nitrogen and oxygen atoms in total. The van der Waals surface area contributed by atoms with Gasteiger partial charge in [0, 0.05) is 24.4 Å². The van der Waals surface area contributed by atoms with Crippen LogP contribution in [-0.2, 0) is 17.8 Å². The Kier molecular flexibility index (Phi) is 8.77. The SMILES string of the molecule is O=C1Cc2ccc(OCCCC(=O)c3cccn(Cc4ccc(F)c(F)c4)c3=O)cc2N1.c1ccccc1. The number of ether oxygens (including phenoxy) is 1. The number of carbonyl (C=O) groups is 2. The zero-order valence-corrected chi connectivity index (χ0v) is 20.5. The molecule has 1 N–H and O–H groups in total. The van der Waals surface area contributed by atoms with Crippen molar-refractivity contribution < 1.29 is 23.1 Å². The number of halogens is 2. The molecule has 5 rings (SSSR count). The lowest BCUT2D eigenvalue weighted by Crippen LogP contribution is -2.26. The molecule has 1 aliphatic heterocycles. The van der Waals surface area contributed by atoms with E-state index < -0.39 is 17.2 Å². The van der Waals surface area contributed by atoms with Gasteiger partial charge in [0.05, 0.1) is 25.1 Å². The third kappa shape index (κ3) is 7.00. The molecule has 0 bridgehead atoms. The van der Waals surface area contributed by atoms with E-state index in [0.717, 1.165) is 23.4 Å². The Hall–Kier alpha value is -4.59. The first kappa shape index (κ1) is 26.5. The van der Waals surface area contributed by atoms with Gasteiger partial charge in [-0.3, -0.25) is 14.4 Å². The van der Waals surface area contributed by atoms with Gasteiger partial charge in [0.25, 0.3) is 5.56 Å². The van der Waals surface area contributed by atoms with Crippen LogP contribution in [0.1, 0.15) is 34.3 Å². The van der Waals surface area contributed by atoms with E-state index in [1.165, 1.54) is 22.9 Å². The van der Waals surface area contributed by atoms with E-state index in [2.05, 4.69) is 5.32 Å². The number of fused-ring (bicyclic) bond motifs is 1. The molecule has 1 aromatic heterocycles. The van der Waals surface area contributed by atoms with Crippen molar-refractivity contribution in [3.05, 3.63) is 130 Å². The van der Waals surface area contributed by atoms with Crippen LogP contribution in [-0.4, -0.2) is 22.9 Å². The molecule has 194 valence electrons. The van der Waals surface area contributed by atoms with Crippen molar-refractivity contribution in [1.29, 1.82) is 0 Å². The van der Waals surface area contributed by atoms with Crippen molar-refractivity contribution in [1.82, 2.24) is 4.57 Å². The van der Waals surface area contributed by atoms with Crippen LogP contribution in [0.5, 0.6) is 5.75 Å². The van der Waals surface area contributed by atoms with Crippen molar-refractivity contribution in [2.24, 2.45) is 0 Å². The first-order valence-corrected chi connectivity index (χ1v) is 12.1. The molecule has 38 heavy (non-hydrogen) atoms. The van der Waals surface area contributed by atoms with E-state index in [1.807, 2.05) is 42.5 Å². The summed E-state index contributed by atoms with van der Waals surface area (Å²) in [4.78, 5) is 36.6. The predicted molar refractivity (Wildman–Crippen MR) is 140 cm³/mol. The lowest BCUT2D eigenvalue weighted by Gasteiger charge is -2.09. The molecule has 8 heteroatoms. The molecule has 0 atom stereocenters. The van der Waals surface area contributed by atoms with Crippen LogP contribution >= 0.6 is 0 Å². The summed E-state index contributed by atoms with van der Waals surface area (Å²) in [6, 6.07) is 23.8. The first-order valence-electron chi connectivity index (χ1n) is 12.1. The van der Waals surface area contributed by atoms with E-state index in [0.29, 0.717) is 24.2 Å². The van der Waals surface area contributed by atoms with Gasteiger partial charge >= 0.3 is 0 Å². The van der Waals surface area contributed by atoms with E-state index in [9.17, 15) is 23.2 Å². The highest BCUT2D eigenvalue weighted by atomic mass is 19.2. The minimum atomic E-state index is -0.992. The maximum atomic E-state index is 13.4. The van der Waals surface area contributed by atoms with Gasteiger partial charge < -0.3 is 14.6 Å². The second-order valence-electron chi connectivity index (χ2n) is 8.68. The highest BCUT2D eigenvalue weighted by Crippen LogP contribution is 2.27. The summed E-state index contributed by atoms with van der Waals surface area (Å²) in [5.41, 5.74) is 1.61. The molecule has 1 aliphatic rings. The topological polar surface area (TPSA) is 77.4 Å². The molecular formula is C30H26F2N2O4. The summed E-state index contributed by atoms with van der Waals surface area (Å²) in [5.74, 6) is -1.74. The number of carbonyl (C=O) groups excluding carboxylic acids is 2. The number of amides is 1. The van der Waals surface area contributed by atoms with E-state index in [1.54, 1.807) is 18.2 Å². The van der Waals surface area contributed by atoms with Crippen LogP contribution in [0.25, 0.3) is 0 Å². The van der Waals surface area contributed by atoms with Crippen LogP contribution in [0.4, 0.5) is 14.5 Å². The Balaban J connectivity index is 0.000000494. The van der Waals surface area contributed by atoms with Gasteiger partial charge in [-0.25, -0.2) is 8.78 Å². The lowest BCUT2D eigenvalue weighted by atomic mass is 10.1. The smallest absolute Gasteiger partial charge is 0.261 e. The van der Waals surface area contributed by atoms with Gasteiger partial charge in [-0.05, 0) is 47.9 Å². The minimum absolute atomic E-state index is 0.0229. The molecule has 0 unspecified atom stereocenters. The highest BCUT2D eigenvalue weighted by Gasteiger charge is 2.18. The number of rotatable bonds is 8. The zero-order valence-electron chi connectivity index (χ0n) is 20.5. The van der Waals surface area contributed by atoms with Crippen LogP contribution in [0.15, 0.2) is 95.9 Å². The number of hydrogen-bond acceptors (Lipinski definition) is 4. The van der Waals surface area contributed by atoms with Crippen LogP contribution in [0, 0.1) is 11.6 Å². The molecular weight excluding hydrogens is 490 g/mol. The molecule has 0 radical (unpaired) electrons. The average Bonchev–Trinajstić information content (AvgIpc) is 3.30. The number of nitrogens with one attached hydrogen (secondary N) is 1. The number of aromatic nitrogens is 1. The van der Waals surface area contributed by atoms with Gasteiger partial charge in [-0.2, -0.15) is 0 Å². The second kappa shape index (κ2) is 12.6. The van der Waals surface area contributed by atoms with Crippen LogP contribution < -0.4 is 15.6 Å². The van der Waals surface area contributed by atoms with Crippen LogP contribution in [0.2, 0.25) is 0 Å². The molecule has 0 saturated carbocycles. The largest absolute Gasteiger partial charge is 0.494 e. The number of benzene rings is 3.